The third-order valence-corrected chi connectivity index (χ3v) is 3.33. The highest BCUT2D eigenvalue weighted by Crippen LogP contribution is 2.14. The zero-order valence-electron chi connectivity index (χ0n) is 14.4. The molecule has 6 heteroatoms. The second-order valence-corrected chi connectivity index (χ2v) is 5.71. The Bertz CT molecular complexity index is 502. The van der Waals surface area contributed by atoms with Crippen molar-refractivity contribution >= 4 is 17.5 Å². The maximum absolute atomic E-state index is 12.0. The Kier molecular flexibility index (Phi) is 8.11. The van der Waals surface area contributed by atoms with Crippen molar-refractivity contribution in [2.45, 2.75) is 32.7 Å². The molecule has 23 heavy (non-hydrogen) atoms. The van der Waals surface area contributed by atoms with E-state index in [1.165, 1.54) is 0 Å². The van der Waals surface area contributed by atoms with Crippen LogP contribution < -0.4 is 15.4 Å². The first-order chi connectivity index (χ1) is 10.9. The zero-order chi connectivity index (χ0) is 17.2. The lowest BCUT2D eigenvalue weighted by molar-refractivity contribution is -0.123. The molecule has 0 saturated carbocycles. The number of methoxy groups -OCH3 is 1. The minimum Gasteiger partial charge on any atom is -0.497 e. The van der Waals surface area contributed by atoms with Crippen molar-refractivity contribution in [3.8, 4) is 5.75 Å². The summed E-state index contributed by atoms with van der Waals surface area (Å²) in [5.41, 5.74) is 0.699. The predicted octanol–water partition coefficient (Wildman–Crippen LogP) is 1.87. The molecule has 6 nitrogen and oxygen atoms in total. The summed E-state index contributed by atoms with van der Waals surface area (Å²) >= 11 is 0. The Morgan fingerprint density at radius 3 is 2.35 bits per heavy atom. The van der Waals surface area contributed by atoms with Crippen molar-refractivity contribution in [3.63, 3.8) is 0 Å². The number of carbonyl (C=O) groups is 2. The molecule has 2 amide bonds. The molecule has 0 spiro atoms. The average molecular weight is 321 g/mol. The van der Waals surface area contributed by atoms with Crippen molar-refractivity contribution in [2.75, 3.05) is 32.6 Å². The number of anilines is 1. The second-order valence-electron chi connectivity index (χ2n) is 5.71. The van der Waals surface area contributed by atoms with Gasteiger partial charge in [-0.2, -0.15) is 0 Å². The van der Waals surface area contributed by atoms with Gasteiger partial charge in [0.25, 0.3) is 0 Å². The van der Waals surface area contributed by atoms with Crippen LogP contribution in [0.1, 0.15) is 26.7 Å². The van der Waals surface area contributed by atoms with E-state index < -0.39 is 0 Å². The molecule has 0 aromatic heterocycles. The lowest BCUT2D eigenvalue weighted by atomic mass is 10.2. The lowest BCUT2D eigenvalue weighted by Crippen LogP contribution is -2.41. The molecule has 0 saturated heterocycles. The number of benzene rings is 1. The summed E-state index contributed by atoms with van der Waals surface area (Å²) in [6, 6.07) is 7.27. The van der Waals surface area contributed by atoms with Crippen LogP contribution in [0.3, 0.4) is 0 Å². The molecule has 0 fully saturated rings. The van der Waals surface area contributed by atoms with Crippen molar-refractivity contribution in [1.82, 2.24) is 10.2 Å². The van der Waals surface area contributed by atoms with Gasteiger partial charge >= 0.3 is 0 Å². The van der Waals surface area contributed by atoms with Gasteiger partial charge in [0.2, 0.25) is 11.8 Å². The van der Waals surface area contributed by atoms with Gasteiger partial charge in [-0.05, 0) is 44.7 Å². The lowest BCUT2D eigenvalue weighted by Gasteiger charge is -2.18. The summed E-state index contributed by atoms with van der Waals surface area (Å²) in [5, 5.41) is 5.71. The van der Waals surface area contributed by atoms with Crippen LogP contribution in [0.15, 0.2) is 24.3 Å². The van der Waals surface area contributed by atoms with Gasteiger partial charge in [0.1, 0.15) is 5.75 Å². The fourth-order valence-electron chi connectivity index (χ4n) is 2.25. The molecule has 0 aliphatic rings. The van der Waals surface area contributed by atoms with Gasteiger partial charge in [-0.25, -0.2) is 0 Å². The zero-order valence-corrected chi connectivity index (χ0v) is 14.4. The number of nitrogens with one attached hydrogen (secondary N) is 2. The van der Waals surface area contributed by atoms with Crippen LogP contribution in [0.4, 0.5) is 5.69 Å². The van der Waals surface area contributed by atoms with Gasteiger partial charge < -0.3 is 15.4 Å². The Labute approximate surface area is 138 Å². The van der Waals surface area contributed by atoms with E-state index in [9.17, 15) is 9.59 Å². The minimum absolute atomic E-state index is 0.0642. The van der Waals surface area contributed by atoms with Crippen molar-refractivity contribution in [1.29, 1.82) is 0 Å². The van der Waals surface area contributed by atoms with E-state index in [2.05, 4.69) is 17.6 Å². The molecule has 0 heterocycles. The summed E-state index contributed by atoms with van der Waals surface area (Å²) in [6.45, 7) is 4.42. The molecule has 0 radical (unpaired) electrons. The van der Waals surface area contributed by atoms with Gasteiger partial charge in [-0.1, -0.05) is 13.3 Å². The molecule has 0 unspecified atom stereocenters. The first kappa shape index (κ1) is 19.0. The Balaban J connectivity index is 2.36. The first-order valence-corrected chi connectivity index (χ1v) is 7.86. The van der Waals surface area contributed by atoms with Crippen LogP contribution in [0.2, 0.25) is 0 Å². The number of hydrogen-bond donors (Lipinski definition) is 2. The number of hydrogen-bond acceptors (Lipinski definition) is 4. The molecule has 0 aliphatic heterocycles. The van der Waals surface area contributed by atoms with Crippen LogP contribution in [0.5, 0.6) is 5.75 Å². The third kappa shape index (κ3) is 7.65. The molecular formula is C17H27N3O3. The summed E-state index contributed by atoms with van der Waals surface area (Å²) in [4.78, 5) is 25.5. The smallest absolute Gasteiger partial charge is 0.238 e. The van der Waals surface area contributed by atoms with Gasteiger partial charge in [0.05, 0.1) is 20.2 Å². The van der Waals surface area contributed by atoms with Gasteiger partial charge in [-0.3, -0.25) is 14.5 Å². The van der Waals surface area contributed by atoms with Crippen LogP contribution in [0, 0.1) is 0 Å². The quantitative estimate of drug-likeness (QED) is 0.728. The van der Waals surface area contributed by atoms with Gasteiger partial charge in [0, 0.05) is 11.7 Å². The number of rotatable bonds is 9. The van der Waals surface area contributed by atoms with Gasteiger partial charge in [0.15, 0.2) is 0 Å². The van der Waals surface area contributed by atoms with Crippen molar-refractivity contribution in [2.24, 2.45) is 0 Å². The number of nitrogens with zero attached hydrogens (tertiary/aromatic N) is 1. The van der Waals surface area contributed by atoms with Crippen LogP contribution >= 0.6 is 0 Å². The third-order valence-electron chi connectivity index (χ3n) is 3.33. The monoisotopic (exact) mass is 321 g/mol. The molecule has 1 aromatic rings. The molecule has 2 N–H and O–H groups in total. The first-order valence-electron chi connectivity index (χ1n) is 7.86. The predicted molar refractivity (Wildman–Crippen MR) is 91.6 cm³/mol. The van der Waals surface area contributed by atoms with Gasteiger partial charge in [-0.15, -0.1) is 0 Å². The molecular weight excluding hydrogens is 294 g/mol. The molecule has 0 aliphatic carbocycles. The van der Waals surface area contributed by atoms with E-state index in [1.807, 2.05) is 6.92 Å². The largest absolute Gasteiger partial charge is 0.497 e. The molecule has 1 atom stereocenters. The van der Waals surface area contributed by atoms with Crippen molar-refractivity contribution < 1.29 is 14.3 Å². The average Bonchev–Trinajstić information content (AvgIpc) is 2.47. The molecule has 1 aromatic carbocycles. The van der Waals surface area contributed by atoms with E-state index in [0.29, 0.717) is 5.69 Å². The van der Waals surface area contributed by atoms with Crippen molar-refractivity contribution in [3.05, 3.63) is 24.3 Å². The van der Waals surface area contributed by atoms with E-state index in [1.54, 1.807) is 43.3 Å². The van der Waals surface area contributed by atoms with Crippen LogP contribution in [-0.4, -0.2) is 50.0 Å². The Morgan fingerprint density at radius 2 is 1.78 bits per heavy atom. The second kappa shape index (κ2) is 9.84. The van der Waals surface area contributed by atoms with Crippen LogP contribution in [-0.2, 0) is 9.59 Å². The number of likely N-dealkylation sites (N-methyl/N-ethyl adjacent to an activating group) is 1. The highest BCUT2D eigenvalue weighted by molar-refractivity contribution is 5.92. The number of ether oxygens (including phenoxy) is 1. The highest BCUT2D eigenvalue weighted by atomic mass is 16.5. The van der Waals surface area contributed by atoms with E-state index in [-0.39, 0.29) is 30.9 Å². The maximum Gasteiger partial charge on any atom is 0.238 e. The standard InChI is InChI=1S/C17H27N3O3/c1-5-6-13(2)18-16(21)11-20(3)12-17(22)19-14-7-9-15(23-4)10-8-14/h7-10,13H,5-6,11-12H2,1-4H3,(H,18,21)(H,19,22)/t13-/m0/s1. The summed E-state index contributed by atoms with van der Waals surface area (Å²) in [7, 11) is 3.34. The van der Waals surface area contributed by atoms with E-state index >= 15 is 0 Å². The number of amides is 2. The minimum atomic E-state index is -0.160. The highest BCUT2D eigenvalue weighted by Gasteiger charge is 2.12. The summed E-state index contributed by atoms with van der Waals surface area (Å²) in [5.74, 6) is 0.510. The van der Waals surface area contributed by atoms with Crippen LogP contribution in [0.25, 0.3) is 0 Å². The fourth-order valence-corrected chi connectivity index (χ4v) is 2.25. The Hall–Kier alpha value is -2.08. The Morgan fingerprint density at radius 1 is 1.17 bits per heavy atom. The molecule has 128 valence electrons. The normalized spacial score (nSPS) is 11.9. The summed E-state index contributed by atoms with van der Waals surface area (Å²) < 4.78 is 5.07. The SMILES string of the molecule is CCC[C@H](C)NC(=O)CN(C)CC(=O)Nc1ccc(OC)cc1. The van der Waals surface area contributed by atoms with E-state index in [0.717, 1.165) is 18.6 Å². The fraction of sp³-hybridized carbons (Fsp3) is 0.529. The van der Waals surface area contributed by atoms with E-state index in [4.69, 9.17) is 4.74 Å². The molecule has 1 rings (SSSR count). The maximum atomic E-state index is 12.0. The molecule has 0 bridgehead atoms. The summed E-state index contributed by atoms with van der Waals surface area (Å²) in [6.07, 6.45) is 1.98. The topological polar surface area (TPSA) is 70.7 Å². The number of carbonyl (C=O) groups excluding carboxylic acids is 2.